The predicted octanol–water partition coefficient (Wildman–Crippen LogP) is 4.21. The van der Waals surface area contributed by atoms with E-state index in [-0.39, 0.29) is 0 Å². The van der Waals surface area contributed by atoms with Crippen molar-refractivity contribution in [1.29, 1.82) is 0 Å². The molecule has 2 heteroatoms. The molecule has 2 aromatic rings. The van der Waals surface area contributed by atoms with Crippen molar-refractivity contribution < 1.29 is 0 Å². The SMILES string of the molecule is Clc1ccc(-c2[nH]cc3c2CCCC3)cc1. The van der Waals surface area contributed by atoms with Gasteiger partial charge in [-0.3, -0.25) is 0 Å². The van der Waals surface area contributed by atoms with Crippen molar-refractivity contribution >= 4 is 11.6 Å². The third-order valence-electron chi connectivity index (χ3n) is 3.34. The lowest BCUT2D eigenvalue weighted by Crippen LogP contribution is -1.99. The highest BCUT2D eigenvalue weighted by atomic mass is 35.5. The molecule has 1 aliphatic carbocycles. The minimum atomic E-state index is 0.796. The Hall–Kier alpha value is -1.21. The van der Waals surface area contributed by atoms with E-state index in [1.807, 2.05) is 12.1 Å². The maximum atomic E-state index is 5.91. The van der Waals surface area contributed by atoms with E-state index in [9.17, 15) is 0 Å². The average Bonchev–Trinajstić information content (AvgIpc) is 2.74. The first-order valence-corrected chi connectivity index (χ1v) is 6.17. The Morgan fingerprint density at radius 3 is 2.56 bits per heavy atom. The Kier molecular flexibility index (Phi) is 2.49. The van der Waals surface area contributed by atoms with E-state index in [1.54, 1.807) is 0 Å². The Morgan fingerprint density at radius 2 is 1.75 bits per heavy atom. The van der Waals surface area contributed by atoms with Gasteiger partial charge in [0.2, 0.25) is 0 Å². The lowest BCUT2D eigenvalue weighted by atomic mass is 9.92. The number of aromatic nitrogens is 1. The summed E-state index contributed by atoms with van der Waals surface area (Å²) in [7, 11) is 0. The summed E-state index contributed by atoms with van der Waals surface area (Å²) in [5.74, 6) is 0. The fourth-order valence-electron chi connectivity index (χ4n) is 2.49. The summed E-state index contributed by atoms with van der Waals surface area (Å²) in [6.07, 6.45) is 7.23. The minimum Gasteiger partial charge on any atom is -0.361 e. The van der Waals surface area contributed by atoms with Gasteiger partial charge in [-0.05, 0) is 54.5 Å². The summed E-state index contributed by atoms with van der Waals surface area (Å²) in [6, 6.07) is 8.08. The first-order valence-electron chi connectivity index (χ1n) is 5.79. The molecule has 82 valence electrons. The van der Waals surface area contributed by atoms with Crippen LogP contribution in [0.4, 0.5) is 0 Å². The van der Waals surface area contributed by atoms with Gasteiger partial charge >= 0.3 is 0 Å². The molecular formula is C14H14ClN. The van der Waals surface area contributed by atoms with Crippen molar-refractivity contribution in [2.75, 3.05) is 0 Å². The number of hydrogen-bond acceptors (Lipinski definition) is 0. The molecular weight excluding hydrogens is 218 g/mol. The molecule has 1 aromatic carbocycles. The highest BCUT2D eigenvalue weighted by molar-refractivity contribution is 6.30. The summed E-state index contributed by atoms with van der Waals surface area (Å²) in [4.78, 5) is 3.41. The van der Waals surface area contributed by atoms with Crippen LogP contribution in [0.3, 0.4) is 0 Å². The van der Waals surface area contributed by atoms with Gasteiger partial charge in [-0.25, -0.2) is 0 Å². The standard InChI is InChI=1S/C14H14ClN/c15-12-7-5-10(6-8-12)14-13-4-2-1-3-11(13)9-16-14/h5-9,16H,1-4H2. The topological polar surface area (TPSA) is 15.8 Å². The first-order chi connectivity index (χ1) is 7.84. The Morgan fingerprint density at radius 1 is 1.00 bits per heavy atom. The molecule has 16 heavy (non-hydrogen) atoms. The lowest BCUT2D eigenvalue weighted by Gasteiger charge is -2.12. The van der Waals surface area contributed by atoms with Gasteiger partial charge in [0.25, 0.3) is 0 Å². The smallest absolute Gasteiger partial charge is 0.0489 e. The largest absolute Gasteiger partial charge is 0.361 e. The van der Waals surface area contributed by atoms with E-state index in [0.717, 1.165) is 5.02 Å². The molecule has 1 aromatic heterocycles. The van der Waals surface area contributed by atoms with Crippen LogP contribution >= 0.6 is 11.6 Å². The molecule has 3 rings (SSSR count). The summed E-state index contributed by atoms with van der Waals surface area (Å²) >= 11 is 5.91. The van der Waals surface area contributed by atoms with E-state index >= 15 is 0 Å². The normalized spacial score (nSPS) is 14.8. The summed E-state index contributed by atoms with van der Waals surface area (Å²) < 4.78 is 0. The van der Waals surface area contributed by atoms with Crippen LogP contribution in [0.15, 0.2) is 30.5 Å². The van der Waals surface area contributed by atoms with Crippen LogP contribution in [0.2, 0.25) is 5.02 Å². The zero-order valence-corrected chi connectivity index (χ0v) is 9.85. The lowest BCUT2D eigenvalue weighted by molar-refractivity contribution is 0.691. The number of halogens is 1. The van der Waals surface area contributed by atoms with Gasteiger partial charge in [-0.2, -0.15) is 0 Å². The van der Waals surface area contributed by atoms with Crippen molar-refractivity contribution in [3.8, 4) is 11.3 Å². The molecule has 0 bridgehead atoms. The van der Waals surface area contributed by atoms with Crippen molar-refractivity contribution in [3.63, 3.8) is 0 Å². The summed E-state index contributed by atoms with van der Waals surface area (Å²) in [5, 5.41) is 0.796. The number of aryl methyl sites for hydroxylation is 1. The number of aromatic amines is 1. The fraction of sp³-hybridized carbons (Fsp3) is 0.286. The van der Waals surface area contributed by atoms with Crippen LogP contribution in [0.25, 0.3) is 11.3 Å². The second-order valence-electron chi connectivity index (χ2n) is 4.38. The Labute approximate surface area is 100 Å². The van der Waals surface area contributed by atoms with Gasteiger partial charge in [0.1, 0.15) is 0 Å². The highest BCUT2D eigenvalue weighted by Crippen LogP contribution is 2.31. The monoisotopic (exact) mass is 231 g/mol. The van der Waals surface area contributed by atoms with Crippen LogP contribution in [-0.4, -0.2) is 4.98 Å². The zero-order chi connectivity index (χ0) is 11.0. The second kappa shape index (κ2) is 3.99. The molecule has 1 heterocycles. The van der Waals surface area contributed by atoms with Gasteiger partial charge in [0.15, 0.2) is 0 Å². The van der Waals surface area contributed by atoms with Crippen LogP contribution in [0.5, 0.6) is 0 Å². The molecule has 0 amide bonds. The van der Waals surface area contributed by atoms with Crippen molar-refractivity contribution in [2.24, 2.45) is 0 Å². The predicted molar refractivity (Wildman–Crippen MR) is 67.9 cm³/mol. The molecule has 0 spiro atoms. The number of H-pyrrole nitrogens is 1. The Bertz CT molecular complexity index is 496. The van der Waals surface area contributed by atoms with E-state index in [4.69, 9.17) is 11.6 Å². The third kappa shape index (κ3) is 1.65. The van der Waals surface area contributed by atoms with E-state index in [1.165, 1.54) is 48.1 Å². The number of fused-ring (bicyclic) bond motifs is 1. The number of rotatable bonds is 1. The van der Waals surface area contributed by atoms with Crippen LogP contribution in [-0.2, 0) is 12.8 Å². The van der Waals surface area contributed by atoms with Crippen LogP contribution in [0, 0.1) is 0 Å². The molecule has 0 aliphatic heterocycles. The third-order valence-corrected chi connectivity index (χ3v) is 3.59. The quantitative estimate of drug-likeness (QED) is 0.757. The molecule has 0 radical (unpaired) electrons. The molecule has 0 saturated carbocycles. The molecule has 1 nitrogen and oxygen atoms in total. The summed E-state index contributed by atoms with van der Waals surface area (Å²) in [6.45, 7) is 0. The van der Waals surface area contributed by atoms with E-state index in [0.29, 0.717) is 0 Å². The number of benzene rings is 1. The molecule has 1 N–H and O–H groups in total. The van der Waals surface area contributed by atoms with Gasteiger partial charge in [0, 0.05) is 16.9 Å². The van der Waals surface area contributed by atoms with Crippen LogP contribution < -0.4 is 0 Å². The maximum absolute atomic E-state index is 5.91. The van der Waals surface area contributed by atoms with Gasteiger partial charge in [-0.15, -0.1) is 0 Å². The fourth-order valence-corrected chi connectivity index (χ4v) is 2.62. The molecule has 0 fully saturated rings. The van der Waals surface area contributed by atoms with Gasteiger partial charge in [0.05, 0.1) is 0 Å². The van der Waals surface area contributed by atoms with Gasteiger partial charge < -0.3 is 4.98 Å². The zero-order valence-electron chi connectivity index (χ0n) is 9.09. The highest BCUT2D eigenvalue weighted by Gasteiger charge is 2.15. The molecule has 1 aliphatic rings. The van der Waals surface area contributed by atoms with Crippen molar-refractivity contribution in [2.45, 2.75) is 25.7 Å². The molecule has 0 atom stereocenters. The Balaban J connectivity index is 2.06. The second-order valence-corrected chi connectivity index (χ2v) is 4.82. The summed E-state index contributed by atoms with van der Waals surface area (Å²) in [5.41, 5.74) is 5.53. The molecule has 0 saturated heterocycles. The van der Waals surface area contributed by atoms with Crippen LogP contribution in [0.1, 0.15) is 24.0 Å². The molecule has 0 unspecified atom stereocenters. The average molecular weight is 232 g/mol. The van der Waals surface area contributed by atoms with Crippen molar-refractivity contribution in [3.05, 3.63) is 46.6 Å². The van der Waals surface area contributed by atoms with E-state index < -0.39 is 0 Å². The number of hydrogen-bond donors (Lipinski definition) is 1. The maximum Gasteiger partial charge on any atom is 0.0489 e. The first kappa shape index (κ1) is 9.98. The van der Waals surface area contributed by atoms with E-state index in [2.05, 4.69) is 23.3 Å². The number of nitrogens with one attached hydrogen (secondary N) is 1. The van der Waals surface area contributed by atoms with Crippen molar-refractivity contribution in [1.82, 2.24) is 4.98 Å². The van der Waals surface area contributed by atoms with Gasteiger partial charge in [-0.1, -0.05) is 23.7 Å². The minimum absolute atomic E-state index is 0.796.